The van der Waals surface area contributed by atoms with E-state index in [1.54, 1.807) is 0 Å². The first kappa shape index (κ1) is 24.5. The van der Waals surface area contributed by atoms with Crippen LogP contribution in [0.2, 0.25) is 0 Å². The maximum absolute atomic E-state index is 2.36. The maximum Gasteiger partial charge on any atom is 0.0286 e. The average Bonchev–Trinajstić information content (AvgIpc) is 3.08. The molecule has 0 unspecified atom stereocenters. The molecule has 1 heteroatoms. The predicted molar refractivity (Wildman–Crippen MR) is 185 cm³/mol. The van der Waals surface area contributed by atoms with Crippen molar-refractivity contribution in [2.24, 2.45) is 0 Å². The van der Waals surface area contributed by atoms with Crippen LogP contribution in [0.1, 0.15) is 0 Å². The minimum absolute atomic E-state index is 1.23. The molecule has 0 aromatic heterocycles. The molecule has 1 aliphatic rings. The molecule has 1 aliphatic heterocycles. The van der Waals surface area contributed by atoms with Gasteiger partial charge >= 0.3 is 0 Å². The summed E-state index contributed by atoms with van der Waals surface area (Å²) in [5, 5.41) is 7.77. The standard InChI is InChI=1S/C42H26S/c1-2-13-27(14-3-1)29-16-4-5-18-31(29)40-33-19-6-8-21-35(33)41(36-22-9-7-20-34(36)40)37-26-25-28-15-12-23-32-30-17-10-11-24-38(30)43-42(37)39(28)32/h1-26H. The van der Waals surface area contributed by atoms with Gasteiger partial charge in [-0.1, -0.05) is 163 Å². The molecule has 9 rings (SSSR count). The monoisotopic (exact) mass is 562 g/mol. The second-order valence-electron chi connectivity index (χ2n) is 11.2. The summed E-state index contributed by atoms with van der Waals surface area (Å²) in [5.41, 5.74) is 10.3. The summed E-state index contributed by atoms with van der Waals surface area (Å²) >= 11 is 1.91. The van der Waals surface area contributed by atoms with Crippen LogP contribution in [0.5, 0.6) is 0 Å². The summed E-state index contributed by atoms with van der Waals surface area (Å²) < 4.78 is 0. The first-order valence-corrected chi connectivity index (χ1v) is 15.6. The molecule has 0 nitrogen and oxygen atoms in total. The van der Waals surface area contributed by atoms with E-state index in [4.69, 9.17) is 0 Å². The molecule has 0 aliphatic carbocycles. The fraction of sp³-hybridized carbons (Fsp3) is 0. The van der Waals surface area contributed by atoms with E-state index in [1.807, 2.05) is 11.8 Å². The minimum atomic E-state index is 1.23. The van der Waals surface area contributed by atoms with Gasteiger partial charge in [0.2, 0.25) is 0 Å². The van der Waals surface area contributed by atoms with E-state index >= 15 is 0 Å². The molecule has 8 aromatic rings. The van der Waals surface area contributed by atoms with E-state index in [0.29, 0.717) is 0 Å². The van der Waals surface area contributed by atoms with Crippen LogP contribution in [-0.2, 0) is 0 Å². The van der Waals surface area contributed by atoms with Crippen molar-refractivity contribution in [2.45, 2.75) is 9.79 Å². The zero-order valence-electron chi connectivity index (χ0n) is 23.4. The summed E-state index contributed by atoms with van der Waals surface area (Å²) in [7, 11) is 0. The Bertz CT molecular complexity index is 2310. The fourth-order valence-corrected chi connectivity index (χ4v) is 8.31. The highest BCUT2D eigenvalue weighted by molar-refractivity contribution is 8.00. The van der Waals surface area contributed by atoms with Crippen LogP contribution >= 0.6 is 11.8 Å². The van der Waals surface area contributed by atoms with Gasteiger partial charge in [-0.3, -0.25) is 0 Å². The summed E-state index contributed by atoms with van der Waals surface area (Å²) in [6.07, 6.45) is 0. The van der Waals surface area contributed by atoms with Gasteiger partial charge in [-0.05, 0) is 77.5 Å². The van der Waals surface area contributed by atoms with Crippen molar-refractivity contribution < 1.29 is 0 Å². The second kappa shape index (κ2) is 9.73. The fourth-order valence-electron chi connectivity index (χ4n) is 7.04. The van der Waals surface area contributed by atoms with Crippen LogP contribution in [0.15, 0.2) is 168 Å². The topological polar surface area (TPSA) is 0 Å². The molecule has 0 atom stereocenters. The Kier molecular flexibility index (Phi) is 5.54. The third-order valence-corrected chi connectivity index (χ3v) is 10.1. The summed E-state index contributed by atoms with van der Waals surface area (Å²) in [6.45, 7) is 0. The minimum Gasteiger partial charge on any atom is -0.0881 e. The van der Waals surface area contributed by atoms with E-state index in [0.717, 1.165) is 0 Å². The predicted octanol–water partition coefficient (Wildman–Crippen LogP) is 12.3. The smallest absolute Gasteiger partial charge is 0.0286 e. The van der Waals surface area contributed by atoms with Gasteiger partial charge in [0.15, 0.2) is 0 Å². The Labute approximate surface area is 255 Å². The van der Waals surface area contributed by atoms with E-state index in [1.165, 1.54) is 86.6 Å². The van der Waals surface area contributed by atoms with Crippen LogP contribution < -0.4 is 0 Å². The Morgan fingerprint density at radius 1 is 0.326 bits per heavy atom. The lowest BCUT2D eigenvalue weighted by atomic mass is 9.83. The molecular formula is C42H26S. The van der Waals surface area contributed by atoms with E-state index in [9.17, 15) is 0 Å². The number of rotatable bonds is 3. The van der Waals surface area contributed by atoms with Crippen LogP contribution in [0.25, 0.3) is 76.8 Å². The van der Waals surface area contributed by atoms with Crippen LogP contribution in [-0.4, -0.2) is 0 Å². The van der Waals surface area contributed by atoms with Gasteiger partial charge in [0.05, 0.1) is 0 Å². The molecule has 200 valence electrons. The highest BCUT2D eigenvalue weighted by Gasteiger charge is 2.25. The van der Waals surface area contributed by atoms with Gasteiger partial charge in [0, 0.05) is 15.2 Å². The van der Waals surface area contributed by atoms with Crippen molar-refractivity contribution in [1.29, 1.82) is 0 Å². The second-order valence-corrected chi connectivity index (χ2v) is 12.2. The van der Waals surface area contributed by atoms with Crippen molar-refractivity contribution in [3.8, 4) is 44.5 Å². The summed E-state index contributed by atoms with van der Waals surface area (Å²) in [4.78, 5) is 2.66. The van der Waals surface area contributed by atoms with Gasteiger partial charge in [-0.15, -0.1) is 0 Å². The van der Waals surface area contributed by atoms with E-state index in [-0.39, 0.29) is 0 Å². The summed E-state index contributed by atoms with van der Waals surface area (Å²) in [6, 6.07) is 57.8. The van der Waals surface area contributed by atoms with Crippen molar-refractivity contribution in [2.75, 3.05) is 0 Å². The van der Waals surface area contributed by atoms with E-state index in [2.05, 4.69) is 158 Å². The molecule has 0 fully saturated rings. The lowest BCUT2D eigenvalue weighted by Crippen LogP contribution is -1.97. The highest BCUT2D eigenvalue weighted by atomic mass is 32.2. The average molecular weight is 563 g/mol. The molecule has 43 heavy (non-hydrogen) atoms. The first-order chi connectivity index (χ1) is 21.4. The Balaban J connectivity index is 1.41. The Morgan fingerprint density at radius 2 is 0.860 bits per heavy atom. The number of fused-ring (bicyclic) bond motifs is 4. The Morgan fingerprint density at radius 3 is 1.56 bits per heavy atom. The lowest BCUT2D eigenvalue weighted by molar-refractivity contribution is 1.40. The van der Waals surface area contributed by atoms with Crippen LogP contribution in [0.3, 0.4) is 0 Å². The van der Waals surface area contributed by atoms with E-state index < -0.39 is 0 Å². The molecule has 1 heterocycles. The molecule has 0 amide bonds. The third-order valence-electron chi connectivity index (χ3n) is 8.87. The number of hydrogen-bond donors (Lipinski definition) is 0. The van der Waals surface area contributed by atoms with Gasteiger partial charge < -0.3 is 0 Å². The first-order valence-electron chi connectivity index (χ1n) is 14.8. The zero-order chi connectivity index (χ0) is 28.3. The normalized spacial score (nSPS) is 12.1. The number of benzene rings is 8. The van der Waals surface area contributed by atoms with Crippen molar-refractivity contribution in [1.82, 2.24) is 0 Å². The van der Waals surface area contributed by atoms with Crippen molar-refractivity contribution >= 4 is 44.1 Å². The largest absolute Gasteiger partial charge is 0.0881 e. The van der Waals surface area contributed by atoms with Crippen LogP contribution in [0, 0.1) is 0 Å². The van der Waals surface area contributed by atoms with Gasteiger partial charge in [0.25, 0.3) is 0 Å². The van der Waals surface area contributed by atoms with Crippen LogP contribution in [0.4, 0.5) is 0 Å². The van der Waals surface area contributed by atoms with Gasteiger partial charge in [-0.2, -0.15) is 0 Å². The molecule has 0 bridgehead atoms. The molecule has 0 radical (unpaired) electrons. The molecule has 0 N–H and O–H groups in total. The lowest BCUT2D eigenvalue weighted by Gasteiger charge is -2.25. The molecule has 0 spiro atoms. The molecular weight excluding hydrogens is 537 g/mol. The Hall–Kier alpha value is -5.11. The highest BCUT2D eigenvalue weighted by Crippen LogP contribution is 2.54. The van der Waals surface area contributed by atoms with Gasteiger partial charge in [-0.25, -0.2) is 0 Å². The quantitative estimate of drug-likeness (QED) is 0.193. The zero-order valence-corrected chi connectivity index (χ0v) is 24.2. The summed E-state index contributed by atoms with van der Waals surface area (Å²) in [5.74, 6) is 0. The van der Waals surface area contributed by atoms with Gasteiger partial charge in [0.1, 0.15) is 0 Å². The third kappa shape index (κ3) is 3.72. The maximum atomic E-state index is 2.36. The molecule has 0 saturated carbocycles. The van der Waals surface area contributed by atoms with Crippen molar-refractivity contribution in [3.05, 3.63) is 158 Å². The number of hydrogen-bond acceptors (Lipinski definition) is 1. The molecule has 8 aromatic carbocycles. The SMILES string of the molecule is c1ccc(-c2ccccc2-c2c3ccccc3c(-c3ccc4cccc5c4c3Sc3ccccc3-5)c3ccccc23)cc1. The van der Waals surface area contributed by atoms with Crippen molar-refractivity contribution in [3.63, 3.8) is 0 Å². The molecule has 0 saturated heterocycles.